The predicted molar refractivity (Wildman–Crippen MR) is 99.6 cm³/mol. The molecule has 1 heterocycles. The Bertz CT molecular complexity index is 883. The van der Waals surface area contributed by atoms with Crippen molar-refractivity contribution in [1.29, 1.82) is 0 Å². The van der Waals surface area contributed by atoms with Crippen molar-refractivity contribution < 1.29 is 9.59 Å². The molecule has 0 radical (unpaired) electrons. The zero-order valence-corrected chi connectivity index (χ0v) is 14.7. The Morgan fingerprint density at radius 3 is 2.64 bits per heavy atom. The van der Waals surface area contributed by atoms with Gasteiger partial charge in [-0.05, 0) is 31.2 Å². The first-order valence-electron chi connectivity index (χ1n) is 7.52. The third kappa shape index (κ3) is 3.45. The first-order valence-corrected chi connectivity index (χ1v) is 8.28. The third-order valence-corrected chi connectivity index (χ3v) is 4.40. The van der Waals surface area contributed by atoms with Crippen LogP contribution in [-0.4, -0.2) is 24.2 Å². The predicted octanol–water partition coefficient (Wildman–Crippen LogP) is 3.89. The highest BCUT2D eigenvalue weighted by Gasteiger charge is 2.32. The van der Waals surface area contributed by atoms with E-state index in [4.69, 9.17) is 23.2 Å². The third-order valence-electron chi connectivity index (χ3n) is 3.66. The van der Waals surface area contributed by atoms with E-state index in [1.54, 1.807) is 23.1 Å². The average Bonchev–Trinajstić information content (AvgIpc) is 2.87. The second kappa shape index (κ2) is 7.13. The molecule has 0 aromatic heterocycles. The van der Waals surface area contributed by atoms with Gasteiger partial charge in [-0.2, -0.15) is 5.10 Å². The number of rotatable bonds is 3. The van der Waals surface area contributed by atoms with Crippen LogP contribution in [0.2, 0.25) is 10.0 Å². The largest absolute Gasteiger partial charge is 0.339 e. The van der Waals surface area contributed by atoms with E-state index in [1.165, 1.54) is 6.07 Å². The van der Waals surface area contributed by atoms with Crippen LogP contribution in [0.4, 0.5) is 16.2 Å². The number of fused-ring (bicyclic) bond motifs is 1. The molecule has 25 heavy (non-hydrogen) atoms. The molecule has 0 bridgehead atoms. The number of likely N-dealkylation sites (N-methyl/N-ethyl adjacent to an activating group) is 1. The Labute approximate surface area is 154 Å². The molecule has 0 aliphatic carbocycles. The van der Waals surface area contributed by atoms with Crippen LogP contribution in [0.1, 0.15) is 12.5 Å². The molecule has 0 saturated carbocycles. The van der Waals surface area contributed by atoms with Gasteiger partial charge in [-0.1, -0.05) is 41.4 Å². The summed E-state index contributed by atoms with van der Waals surface area (Å²) in [6.07, 6.45) is 0. The Kier molecular flexibility index (Phi) is 4.92. The summed E-state index contributed by atoms with van der Waals surface area (Å²) in [5.74, 6) is -0.251. The van der Waals surface area contributed by atoms with Crippen molar-refractivity contribution in [3.8, 4) is 0 Å². The van der Waals surface area contributed by atoms with Gasteiger partial charge in [-0.15, -0.1) is 0 Å². The van der Waals surface area contributed by atoms with Crippen LogP contribution in [0.5, 0.6) is 0 Å². The molecule has 2 aromatic carbocycles. The van der Waals surface area contributed by atoms with E-state index in [-0.39, 0.29) is 11.6 Å². The SMILES string of the molecule is CCN1C(=O)/C(=N\NC(=O)Nc2ccc(Cl)c(Cl)c2)c2ccccc21. The summed E-state index contributed by atoms with van der Waals surface area (Å²) in [6, 6.07) is 11.4. The fourth-order valence-corrected chi connectivity index (χ4v) is 2.82. The number of nitrogens with one attached hydrogen (secondary N) is 2. The normalized spacial score (nSPS) is 14.6. The molecule has 1 aliphatic rings. The van der Waals surface area contributed by atoms with Gasteiger partial charge in [0.2, 0.25) is 0 Å². The number of amides is 3. The minimum Gasteiger partial charge on any atom is -0.307 e. The van der Waals surface area contributed by atoms with E-state index in [0.717, 1.165) is 5.69 Å². The molecule has 128 valence electrons. The van der Waals surface area contributed by atoms with E-state index in [2.05, 4.69) is 15.8 Å². The second-order valence-electron chi connectivity index (χ2n) is 5.22. The fourth-order valence-electron chi connectivity index (χ4n) is 2.52. The highest BCUT2D eigenvalue weighted by atomic mass is 35.5. The lowest BCUT2D eigenvalue weighted by Gasteiger charge is -2.12. The van der Waals surface area contributed by atoms with Crippen LogP contribution in [0.25, 0.3) is 0 Å². The van der Waals surface area contributed by atoms with Crippen LogP contribution in [0, 0.1) is 0 Å². The summed E-state index contributed by atoms with van der Waals surface area (Å²) in [7, 11) is 0. The number of hydrogen-bond acceptors (Lipinski definition) is 3. The maximum Gasteiger partial charge on any atom is 0.339 e. The molecular formula is C17H14Cl2N4O2. The fraction of sp³-hybridized carbons (Fsp3) is 0.118. The Balaban J connectivity index is 1.76. The molecule has 0 saturated heterocycles. The number of hydrazone groups is 1. The van der Waals surface area contributed by atoms with Crippen LogP contribution in [-0.2, 0) is 4.79 Å². The monoisotopic (exact) mass is 376 g/mol. The Morgan fingerprint density at radius 2 is 1.92 bits per heavy atom. The topological polar surface area (TPSA) is 73.8 Å². The van der Waals surface area contributed by atoms with E-state index < -0.39 is 6.03 Å². The summed E-state index contributed by atoms with van der Waals surface area (Å²) >= 11 is 11.7. The maximum absolute atomic E-state index is 12.4. The number of carbonyl (C=O) groups is 2. The van der Waals surface area contributed by atoms with E-state index in [1.807, 2.05) is 25.1 Å². The lowest BCUT2D eigenvalue weighted by Crippen LogP contribution is -2.32. The number of para-hydroxylation sites is 1. The highest BCUT2D eigenvalue weighted by molar-refractivity contribution is 6.54. The van der Waals surface area contributed by atoms with E-state index in [9.17, 15) is 9.59 Å². The van der Waals surface area contributed by atoms with Crippen LogP contribution in [0.15, 0.2) is 47.6 Å². The summed E-state index contributed by atoms with van der Waals surface area (Å²) < 4.78 is 0. The number of nitrogens with zero attached hydrogens (tertiary/aromatic N) is 2. The van der Waals surface area contributed by atoms with Gasteiger partial charge in [0, 0.05) is 17.8 Å². The first-order chi connectivity index (χ1) is 12.0. The summed E-state index contributed by atoms with van der Waals surface area (Å²) in [5.41, 5.74) is 4.45. The van der Waals surface area contributed by atoms with Gasteiger partial charge in [0.05, 0.1) is 15.7 Å². The lowest BCUT2D eigenvalue weighted by atomic mass is 10.1. The van der Waals surface area contributed by atoms with Crippen molar-refractivity contribution in [3.05, 3.63) is 58.1 Å². The van der Waals surface area contributed by atoms with Gasteiger partial charge in [-0.3, -0.25) is 4.79 Å². The zero-order chi connectivity index (χ0) is 18.0. The number of halogens is 2. The van der Waals surface area contributed by atoms with Crippen LogP contribution < -0.4 is 15.6 Å². The molecule has 0 atom stereocenters. The minimum atomic E-state index is -0.592. The minimum absolute atomic E-state index is 0.196. The van der Waals surface area contributed by atoms with Crippen molar-refractivity contribution in [2.75, 3.05) is 16.8 Å². The van der Waals surface area contributed by atoms with Crippen molar-refractivity contribution >= 4 is 52.2 Å². The second-order valence-corrected chi connectivity index (χ2v) is 6.04. The van der Waals surface area contributed by atoms with Crippen LogP contribution in [0.3, 0.4) is 0 Å². The van der Waals surface area contributed by atoms with Gasteiger partial charge in [0.1, 0.15) is 0 Å². The lowest BCUT2D eigenvalue weighted by molar-refractivity contribution is -0.112. The first kappa shape index (κ1) is 17.3. The summed E-state index contributed by atoms with van der Waals surface area (Å²) in [5, 5.41) is 7.27. The van der Waals surface area contributed by atoms with E-state index in [0.29, 0.717) is 27.8 Å². The van der Waals surface area contributed by atoms with Crippen molar-refractivity contribution in [1.82, 2.24) is 5.43 Å². The van der Waals surface area contributed by atoms with Crippen molar-refractivity contribution in [3.63, 3.8) is 0 Å². The highest BCUT2D eigenvalue weighted by Crippen LogP contribution is 2.28. The summed E-state index contributed by atoms with van der Waals surface area (Å²) in [4.78, 5) is 26.0. The number of hydrogen-bond donors (Lipinski definition) is 2. The van der Waals surface area contributed by atoms with Gasteiger partial charge in [-0.25, -0.2) is 10.2 Å². The van der Waals surface area contributed by atoms with Gasteiger partial charge in [0.15, 0.2) is 5.71 Å². The number of carbonyl (C=O) groups excluding carboxylic acids is 2. The Hall–Kier alpha value is -2.57. The summed E-state index contributed by atoms with van der Waals surface area (Å²) in [6.45, 7) is 2.40. The molecule has 2 N–H and O–H groups in total. The molecule has 3 amide bonds. The quantitative estimate of drug-likeness (QED) is 0.797. The Morgan fingerprint density at radius 1 is 1.16 bits per heavy atom. The van der Waals surface area contributed by atoms with Crippen molar-refractivity contribution in [2.45, 2.75) is 6.92 Å². The molecule has 0 unspecified atom stereocenters. The molecule has 8 heteroatoms. The van der Waals surface area contributed by atoms with E-state index >= 15 is 0 Å². The smallest absolute Gasteiger partial charge is 0.307 e. The average molecular weight is 377 g/mol. The zero-order valence-electron chi connectivity index (χ0n) is 13.2. The van der Waals surface area contributed by atoms with Crippen molar-refractivity contribution in [2.24, 2.45) is 5.10 Å². The molecule has 6 nitrogen and oxygen atoms in total. The standard InChI is InChI=1S/C17H14Cl2N4O2/c1-2-23-14-6-4-3-5-11(14)15(16(23)24)21-22-17(25)20-10-7-8-12(18)13(19)9-10/h3-9H,2H2,1H3,(H2,20,22,25)/b21-15-. The molecule has 0 fully saturated rings. The van der Waals surface area contributed by atoms with Crippen LogP contribution >= 0.6 is 23.2 Å². The molecule has 2 aromatic rings. The molecular weight excluding hydrogens is 363 g/mol. The molecule has 3 rings (SSSR count). The number of benzene rings is 2. The molecule has 1 aliphatic heterocycles. The number of anilines is 2. The maximum atomic E-state index is 12.4. The van der Waals surface area contributed by atoms with Gasteiger partial charge < -0.3 is 10.2 Å². The molecule has 0 spiro atoms. The van der Waals surface area contributed by atoms with Gasteiger partial charge in [0.25, 0.3) is 5.91 Å². The number of urea groups is 1. The van der Waals surface area contributed by atoms with Gasteiger partial charge >= 0.3 is 6.03 Å².